The molecule has 0 radical (unpaired) electrons. The highest BCUT2D eigenvalue weighted by molar-refractivity contribution is 7.99. The monoisotopic (exact) mass is 298 g/mol. The smallest absolute Gasteiger partial charge is 0.326 e. The molecule has 112 valence electrons. The second-order valence-electron chi connectivity index (χ2n) is 5.11. The highest BCUT2D eigenvalue weighted by Gasteiger charge is 2.43. The number of thioether (sulfide) groups is 1. The zero-order valence-corrected chi connectivity index (χ0v) is 13.1. The number of nitrogens with zero attached hydrogens (tertiary/aromatic N) is 3. The second-order valence-corrected chi connectivity index (χ2v) is 6.37. The lowest BCUT2D eigenvalue weighted by molar-refractivity contribution is -0.150. The van der Waals surface area contributed by atoms with E-state index in [1.165, 1.54) is 7.11 Å². The summed E-state index contributed by atoms with van der Waals surface area (Å²) in [6, 6.07) is 0. The van der Waals surface area contributed by atoms with Crippen molar-refractivity contribution in [2.45, 2.75) is 48.6 Å². The van der Waals surface area contributed by atoms with Crippen molar-refractivity contribution in [3.05, 3.63) is 6.33 Å². The molecule has 1 aliphatic rings. The minimum Gasteiger partial charge on any atom is -0.468 e. The normalized spacial score (nSPS) is 26.4. The minimum absolute atomic E-state index is 0.150. The zero-order chi connectivity index (χ0) is 14.6. The third-order valence-electron chi connectivity index (χ3n) is 3.74. The molecule has 7 heteroatoms. The second kappa shape index (κ2) is 6.58. The Morgan fingerprint density at radius 2 is 2.50 bits per heavy atom. The Hall–Kier alpha value is -1.08. The van der Waals surface area contributed by atoms with Crippen molar-refractivity contribution in [3.63, 3.8) is 0 Å². The number of hydrogen-bond donors (Lipinski definition) is 1. The van der Waals surface area contributed by atoms with E-state index in [2.05, 4.69) is 15.4 Å². The number of aryl methyl sites for hydroxylation is 1. The summed E-state index contributed by atoms with van der Waals surface area (Å²) in [5.74, 6) is -0.150. The maximum atomic E-state index is 12.2. The van der Waals surface area contributed by atoms with E-state index >= 15 is 0 Å². The summed E-state index contributed by atoms with van der Waals surface area (Å²) in [5, 5.41) is 8.67. The molecule has 1 heterocycles. The van der Waals surface area contributed by atoms with Crippen LogP contribution in [0.2, 0.25) is 0 Å². The third-order valence-corrected chi connectivity index (χ3v) is 5.06. The Labute approximate surface area is 123 Å². The molecule has 1 aliphatic carbocycles. The molecule has 0 spiro atoms. The Kier molecular flexibility index (Phi) is 5.04. The molecule has 2 atom stereocenters. The highest BCUT2D eigenvalue weighted by atomic mass is 32.2. The lowest BCUT2D eigenvalue weighted by atomic mass is 9.81. The summed E-state index contributed by atoms with van der Waals surface area (Å²) in [4.78, 5) is 16.4. The first-order chi connectivity index (χ1) is 9.61. The molecule has 1 saturated carbocycles. The number of methoxy groups -OCH3 is 1. The number of ether oxygens (including phenoxy) is 1. The van der Waals surface area contributed by atoms with Gasteiger partial charge in [-0.25, -0.2) is 9.67 Å². The number of hydrogen-bond acceptors (Lipinski definition) is 6. The Bertz CT molecular complexity index is 461. The molecular formula is C13H22N4O2S. The standard InChI is InChI=1S/C13H22N4O2S/c1-4-15-13(11(18)19-3)7-5-6-10(8-13)20-12-14-9-16-17(12)2/h9-10,15H,4-8H2,1-3H3. The van der Waals surface area contributed by atoms with Gasteiger partial charge in [0.1, 0.15) is 11.9 Å². The van der Waals surface area contributed by atoms with Gasteiger partial charge >= 0.3 is 5.97 Å². The van der Waals surface area contributed by atoms with Crippen molar-refractivity contribution in [2.24, 2.45) is 7.05 Å². The van der Waals surface area contributed by atoms with E-state index in [0.717, 1.165) is 37.4 Å². The van der Waals surface area contributed by atoms with Crippen molar-refractivity contribution in [2.75, 3.05) is 13.7 Å². The maximum Gasteiger partial charge on any atom is 0.326 e. The summed E-state index contributed by atoms with van der Waals surface area (Å²) in [5.41, 5.74) is -0.544. The van der Waals surface area contributed by atoms with Gasteiger partial charge in [-0.1, -0.05) is 18.7 Å². The van der Waals surface area contributed by atoms with E-state index in [4.69, 9.17) is 4.74 Å². The van der Waals surface area contributed by atoms with Crippen LogP contribution in [-0.2, 0) is 16.6 Å². The van der Waals surface area contributed by atoms with Crippen LogP contribution in [0.3, 0.4) is 0 Å². The minimum atomic E-state index is -0.544. The molecule has 20 heavy (non-hydrogen) atoms. The van der Waals surface area contributed by atoms with Gasteiger partial charge in [0.15, 0.2) is 5.16 Å². The van der Waals surface area contributed by atoms with Gasteiger partial charge < -0.3 is 10.1 Å². The molecule has 1 fully saturated rings. The van der Waals surface area contributed by atoms with Crippen LogP contribution in [0.25, 0.3) is 0 Å². The summed E-state index contributed by atoms with van der Waals surface area (Å²) in [7, 11) is 3.34. The van der Waals surface area contributed by atoms with E-state index in [1.807, 2.05) is 14.0 Å². The molecule has 2 unspecified atom stereocenters. The molecule has 0 aromatic carbocycles. The molecule has 0 saturated heterocycles. The van der Waals surface area contributed by atoms with Gasteiger partial charge in [-0.3, -0.25) is 4.79 Å². The largest absolute Gasteiger partial charge is 0.468 e. The van der Waals surface area contributed by atoms with E-state index < -0.39 is 5.54 Å². The number of nitrogens with one attached hydrogen (secondary N) is 1. The van der Waals surface area contributed by atoms with Crippen LogP contribution in [0.15, 0.2) is 11.5 Å². The molecule has 1 aromatic heterocycles. The van der Waals surface area contributed by atoms with Crippen LogP contribution in [0, 0.1) is 0 Å². The highest BCUT2D eigenvalue weighted by Crippen LogP contribution is 2.38. The van der Waals surface area contributed by atoms with Crippen molar-refractivity contribution in [1.29, 1.82) is 0 Å². The molecule has 1 N–H and O–H groups in total. The van der Waals surface area contributed by atoms with Crippen LogP contribution in [0.1, 0.15) is 32.6 Å². The van der Waals surface area contributed by atoms with Gasteiger partial charge in [0.05, 0.1) is 7.11 Å². The summed E-state index contributed by atoms with van der Waals surface area (Å²) in [6.45, 7) is 2.78. The summed E-state index contributed by atoms with van der Waals surface area (Å²) >= 11 is 1.70. The average Bonchev–Trinajstić information content (AvgIpc) is 2.84. The topological polar surface area (TPSA) is 69.0 Å². The SMILES string of the molecule is CCNC1(C(=O)OC)CCCC(Sc2ncnn2C)C1. The van der Waals surface area contributed by atoms with Crippen LogP contribution in [0.4, 0.5) is 0 Å². The van der Waals surface area contributed by atoms with Crippen molar-refractivity contribution >= 4 is 17.7 Å². The summed E-state index contributed by atoms with van der Waals surface area (Å²) in [6.07, 6.45) is 5.26. The van der Waals surface area contributed by atoms with Gasteiger partial charge in [-0.05, 0) is 32.2 Å². The first-order valence-corrected chi connectivity index (χ1v) is 7.83. The van der Waals surface area contributed by atoms with E-state index in [9.17, 15) is 4.79 Å². The van der Waals surface area contributed by atoms with Crippen molar-refractivity contribution in [1.82, 2.24) is 20.1 Å². The molecule has 0 bridgehead atoms. The molecule has 2 rings (SSSR count). The van der Waals surface area contributed by atoms with Crippen LogP contribution in [-0.4, -0.2) is 45.2 Å². The van der Waals surface area contributed by atoms with Crippen LogP contribution in [0.5, 0.6) is 0 Å². The molecule has 0 aliphatic heterocycles. The Morgan fingerprint density at radius 3 is 3.10 bits per heavy atom. The quantitative estimate of drug-likeness (QED) is 0.828. The first kappa shape index (κ1) is 15.3. The predicted octanol–water partition coefficient (Wildman–Crippen LogP) is 1.37. The van der Waals surface area contributed by atoms with Gasteiger partial charge in [0.2, 0.25) is 0 Å². The van der Waals surface area contributed by atoms with Gasteiger partial charge in [-0.15, -0.1) is 0 Å². The molecule has 0 amide bonds. The van der Waals surface area contributed by atoms with Gasteiger partial charge in [-0.2, -0.15) is 5.10 Å². The van der Waals surface area contributed by atoms with Crippen LogP contribution >= 0.6 is 11.8 Å². The Balaban J connectivity index is 2.09. The first-order valence-electron chi connectivity index (χ1n) is 6.95. The fourth-order valence-electron chi connectivity index (χ4n) is 2.82. The maximum absolute atomic E-state index is 12.2. The number of aromatic nitrogens is 3. The predicted molar refractivity (Wildman–Crippen MR) is 77.5 cm³/mol. The number of carbonyl (C=O) groups excluding carboxylic acids is 1. The van der Waals surface area contributed by atoms with E-state index in [-0.39, 0.29) is 5.97 Å². The fraction of sp³-hybridized carbons (Fsp3) is 0.769. The van der Waals surface area contributed by atoms with E-state index in [1.54, 1.807) is 22.8 Å². The average molecular weight is 298 g/mol. The lowest BCUT2D eigenvalue weighted by Crippen LogP contribution is -2.56. The van der Waals surface area contributed by atoms with Crippen LogP contribution < -0.4 is 5.32 Å². The Morgan fingerprint density at radius 1 is 1.70 bits per heavy atom. The number of carbonyl (C=O) groups is 1. The lowest BCUT2D eigenvalue weighted by Gasteiger charge is -2.38. The number of rotatable bonds is 5. The zero-order valence-electron chi connectivity index (χ0n) is 12.3. The van der Waals surface area contributed by atoms with E-state index in [0.29, 0.717) is 5.25 Å². The molecule has 1 aromatic rings. The van der Waals surface area contributed by atoms with Crippen molar-refractivity contribution < 1.29 is 9.53 Å². The third kappa shape index (κ3) is 3.15. The summed E-state index contributed by atoms with van der Waals surface area (Å²) < 4.78 is 6.78. The molecule has 6 nitrogen and oxygen atoms in total. The number of likely N-dealkylation sites (N-methyl/N-ethyl adjacent to an activating group) is 1. The van der Waals surface area contributed by atoms with Crippen molar-refractivity contribution in [3.8, 4) is 0 Å². The number of esters is 1. The molecular weight excluding hydrogens is 276 g/mol. The van der Waals surface area contributed by atoms with Gasteiger partial charge in [0.25, 0.3) is 0 Å². The fourth-order valence-corrected chi connectivity index (χ4v) is 4.08. The van der Waals surface area contributed by atoms with Gasteiger partial charge in [0, 0.05) is 12.3 Å².